The SMILES string of the molecule is CC(S)(S)SC(C)(C)I. The van der Waals surface area contributed by atoms with Crippen LogP contribution in [0.25, 0.3) is 0 Å². The Morgan fingerprint density at radius 3 is 1.56 bits per heavy atom. The lowest BCUT2D eigenvalue weighted by Gasteiger charge is -2.24. The Hall–Kier alpha value is 1.78. The van der Waals surface area contributed by atoms with Crippen molar-refractivity contribution in [3.63, 3.8) is 0 Å². The third-order valence-corrected chi connectivity index (χ3v) is 2.52. The third-order valence-electron chi connectivity index (χ3n) is 0.436. The molecule has 0 amide bonds. The Morgan fingerprint density at radius 2 is 1.56 bits per heavy atom. The summed E-state index contributed by atoms with van der Waals surface area (Å²) in [5.74, 6) is 0. The second-order valence-electron chi connectivity index (χ2n) is 2.40. The van der Waals surface area contributed by atoms with E-state index in [1.54, 1.807) is 11.8 Å². The predicted molar refractivity (Wildman–Crippen MR) is 62.1 cm³/mol. The van der Waals surface area contributed by atoms with E-state index in [0.29, 0.717) is 0 Å². The number of thioether (sulfide) groups is 1. The normalized spacial score (nSPS) is 14.0. The average Bonchev–Trinajstić information content (AvgIpc) is 1.14. The molecule has 4 heteroatoms. The fourth-order valence-electron chi connectivity index (χ4n) is 0.460. The van der Waals surface area contributed by atoms with Gasteiger partial charge in [0, 0.05) is 0 Å². The second-order valence-corrected chi connectivity index (χ2v) is 10.6. The summed E-state index contributed by atoms with van der Waals surface area (Å²) in [6.45, 7) is 6.26. The van der Waals surface area contributed by atoms with Gasteiger partial charge in [-0.25, -0.2) is 0 Å². The van der Waals surface area contributed by atoms with Crippen LogP contribution in [-0.2, 0) is 0 Å². The van der Waals surface area contributed by atoms with Crippen LogP contribution in [0.3, 0.4) is 0 Å². The molecule has 0 saturated carbocycles. The zero-order valence-electron chi connectivity index (χ0n) is 5.68. The van der Waals surface area contributed by atoms with Crippen molar-refractivity contribution in [3.8, 4) is 0 Å². The Morgan fingerprint density at radius 1 is 1.22 bits per heavy atom. The lowest BCUT2D eigenvalue weighted by molar-refractivity contribution is 1.07. The molecule has 0 fully saturated rings. The largest absolute Gasteiger partial charge is 0.151 e. The number of hydrogen-bond acceptors (Lipinski definition) is 3. The van der Waals surface area contributed by atoms with Gasteiger partial charge in [-0.15, -0.1) is 11.8 Å². The first-order valence-corrected chi connectivity index (χ1v) is 5.33. The van der Waals surface area contributed by atoms with Gasteiger partial charge in [0.2, 0.25) is 0 Å². The number of thiol groups is 2. The number of alkyl halides is 1. The molecule has 0 bridgehead atoms. The standard InChI is InChI=1S/C5H11IS3/c1-4(2,6)9-5(3,7)8/h7-8H,1-3H3. The summed E-state index contributed by atoms with van der Waals surface area (Å²) in [4.78, 5) is 0. The molecule has 0 unspecified atom stereocenters. The molecular formula is C5H11IS3. The van der Waals surface area contributed by atoms with Crippen molar-refractivity contribution in [2.45, 2.75) is 26.9 Å². The highest BCUT2D eigenvalue weighted by molar-refractivity contribution is 14.1. The molecule has 0 rings (SSSR count). The zero-order chi connectivity index (χ0) is 7.71. The van der Waals surface area contributed by atoms with Crippen molar-refractivity contribution in [2.75, 3.05) is 0 Å². The summed E-state index contributed by atoms with van der Waals surface area (Å²) in [7, 11) is 0. The van der Waals surface area contributed by atoms with E-state index in [-0.39, 0.29) is 6.16 Å². The molecular weight excluding hydrogens is 283 g/mol. The van der Waals surface area contributed by atoms with Crippen molar-refractivity contribution >= 4 is 59.6 Å². The van der Waals surface area contributed by atoms with Gasteiger partial charge < -0.3 is 0 Å². The topological polar surface area (TPSA) is 0 Å². The third kappa shape index (κ3) is 9.78. The van der Waals surface area contributed by atoms with Gasteiger partial charge in [-0.3, -0.25) is 0 Å². The summed E-state index contributed by atoms with van der Waals surface area (Å²) >= 11 is 12.6. The van der Waals surface area contributed by atoms with E-state index in [0.717, 1.165) is 0 Å². The molecule has 0 aliphatic carbocycles. The van der Waals surface area contributed by atoms with Crippen LogP contribution < -0.4 is 0 Å². The van der Waals surface area contributed by atoms with Gasteiger partial charge in [-0.1, -0.05) is 22.6 Å². The van der Waals surface area contributed by atoms with Crippen LogP contribution in [0, 0.1) is 0 Å². The van der Waals surface area contributed by atoms with Crippen LogP contribution in [0.1, 0.15) is 20.8 Å². The molecule has 56 valence electrons. The van der Waals surface area contributed by atoms with E-state index in [1.807, 2.05) is 6.92 Å². The summed E-state index contributed by atoms with van der Waals surface area (Å²) < 4.78 is 0.000694. The van der Waals surface area contributed by atoms with E-state index >= 15 is 0 Å². The summed E-state index contributed by atoms with van der Waals surface area (Å²) in [6, 6.07) is 0. The van der Waals surface area contributed by atoms with Gasteiger partial charge in [0.15, 0.2) is 0 Å². The van der Waals surface area contributed by atoms with Gasteiger partial charge in [0.25, 0.3) is 0 Å². The molecule has 0 spiro atoms. The molecule has 0 heterocycles. The van der Waals surface area contributed by atoms with Gasteiger partial charge in [-0.2, -0.15) is 25.3 Å². The fourth-order valence-corrected chi connectivity index (χ4v) is 5.11. The molecule has 0 saturated heterocycles. The Kier molecular flexibility index (Phi) is 4.13. The summed E-state index contributed by atoms with van der Waals surface area (Å²) in [5, 5.41) is 0. The first-order valence-electron chi connectivity index (χ1n) is 2.54. The van der Waals surface area contributed by atoms with E-state index in [1.165, 1.54) is 0 Å². The highest BCUT2D eigenvalue weighted by atomic mass is 127. The fraction of sp³-hybridized carbons (Fsp3) is 1.00. The minimum Gasteiger partial charge on any atom is -0.151 e. The van der Waals surface area contributed by atoms with Crippen LogP contribution in [0.15, 0.2) is 0 Å². The monoisotopic (exact) mass is 294 g/mol. The molecule has 0 aliphatic rings. The predicted octanol–water partition coefficient (Wildman–Crippen LogP) is 3.42. The first-order chi connectivity index (χ1) is 3.71. The maximum atomic E-state index is 4.27. The highest BCUT2D eigenvalue weighted by Gasteiger charge is 2.24. The second kappa shape index (κ2) is 3.45. The molecule has 0 aliphatic heterocycles. The van der Waals surface area contributed by atoms with E-state index in [4.69, 9.17) is 0 Å². The average molecular weight is 294 g/mol. The van der Waals surface area contributed by atoms with Gasteiger partial charge in [-0.05, 0) is 20.8 Å². The van der Waals surface area contributed by atoms with E-state index < -0.39 is 0 Å². The molecule has 0 radical (unpaired) electrons. The number of hydrogen-bond donors (Lipinski definition) is 2. The van der Waals surface area contributed by atoms with Crippen LogP contribution in [0.4, 0.5) is 0 Å². The number of halogens is 1. The van der Waals surface area contributed by atoms with Gasteiger partial charge in [0.05, 0.1) is 6.16 Å². The molecule has 0 aromatic heterocycles. The van der Waals surface area contributed by atoms with Crippen molar-refractivity contribution in [2.24, 2.45) is 0 Å². The molecule has 0 nitrogen and oxygen atoms in total. The van der Waals surface area contributed by atoms with Gasteiger partial charge in [0.1, 0.15) is 0 Å². The van der Waals surface area contributed by atoms with Gasteiger partial charge >= 0.3 is 0 Å². The minimum absolute atomic E-state index is 0.218. The van der Waals surface area contributed by atoms with Crippen molar-refractivity contribution in [1.82, 2.24) is 0 Å². The van der Waals surface area contributed by atoms with Crippen molar-refractivity contribution < 1.29 is 0 Å². The molecule has 0 N–H and O–H groups in total. The maximum Gasteiger partial charge on any atom is 0.0993 e. The van der Waals surface area contributed by atoms with Crippen LogP contribution in [0.2, 0.25) is 0 Å². The Labute approximate surface area is 85.9 Å². The molecule has 0 atom stereocenters. The zero-order valence-corrected chi connectivity index (χ0v) is 10.4. The van der Waals surface area contributed by atoms with Crippen LogP contribution >= 0.6 is 59.6 Å². The molecule has 9 heavy (non-hydrogen) atoms. The minimum atomic E-state index is -0.218. The lowest BCUT2D eigenvalue weighted by atomic mass is 10.6. The quantitative estimate of drug-likeness (QED) is 0.340. The lowest BCUT2D eigenvalue weighted by Crippen LogP contribution is -2.12. The van der Waals surface area contributed by atoms with E-state index in [9.17, 15) is 0 Å². The van der Waals surface area contributed by atoms with Crippen molar-refractivity contribution in [1.29, 1.82) is 0 Å². The summed E-state index contributed by atoms with van der Waals surface area (Å²) in [6.07, 6.45) is 0. The smallest absolute Gasteiger partial charge is 0.0993 e. The number of rotatable bonds is 2. The van der Waals surface area contributed by atoms with Crippen molar-refractivity contribution in [3.05, 3.63) is 0 Å². The van der Waals surface area contributed by atoms with E-state index in [2.05, 4.69) is 61.7 Å². The van der Waals surface area contributed by atoms with Crippen LogP contribution in [-0.4, -0.2) is 6.16 Å². The van der Waals surface area contributed by atoms with Crippen LogP contribution in [0.5, 0.6) is 0 Å². The maximum absolute atomic E-state index is 4.27. The summed E-state index contributed by atoms with van der Waals surface area (Å²) in [5.41, 5.74) is 0. The Bertz CT molecular complexity index is 77.4. The molecule has 0 aromatic rings. The molecule has 0 aromatic carbocycles. The first kappa shape index (κ1) is 10.8. The highest BCUT2D eigenvalue weighted by Crippen LogP contribution is 2.45. The Balaban J connectivity index is 3.75.